The Morgan fingerprint density at radius 3 is 2.53 bits per heavy atom. The largest absolute Gasteiger partial charge is 0.390 e. The lowest BCUT2D eigenvalue weighted by Gasteiger charge is -2.39. The average Bonchev–Trinajstić information content (AvgIpc) is 2.34. The highest BCUT2D eigenvalue weighted by Crippen LogP contribution is 2.25. The van der Waals surface area contributed by atoms with E-state index in [9.17, 15) is 10.2 Å². The maximum absolute atomic E-state index is 9.70. The highest BCUT2D eigenvalue weighted by molar-refractivity contribution is 7.75. The van der Waals surface area contributed by atoms with E-state index in [2.05, 4.69) is 37.1 Å². The molecule has 1 aliphatic heterocycles. The molecule has 0 bridgehead atoms. The van der Waals surface area contributed by atoms with E-state index in [1.807, 2.05) is 0 Å². The zero-order valence-corrected chi connectivity index (χ0v) is 9.33. The normalized spacial score (nSPS) is 36.8. The fourth-order valence-corrected chi connectivity index (χ4v) is 1.63. The second kappa shape index (κ2) is 6.52. The predicted octanol–water partition coefficient (Wildman–Crippen LogP) is 0.284. The topological polar surface area (TPSA) is 156 Å². The third kappa shape index (κ3) is 3.14. The van der Waals surface area contributed by atoms with Crippen molar-refractivity contribution in [1.82, 2.24) is 0 Å². The Kier molecular flexibility index (Phi) is 5.32. The lowest BCUT2D eigenvalue weighted by molar-refractivity contribution is -0.223. The van der Waals surface area contributed by atoms with Crippen LogP contribution in [0.15, 0.2) is 10.2 Å². The molecule has 0 amide bonds. The van der Waals surface area contributed by atoms with E-state index in [0.29, 0.717) is 0 Å². The highest BCUT2D eigenvalue weighted by atomic mass is 32.1. The lowest BCUT2D eigenvalue weighted by Crippen LogP contribution is -2.57. The van der Waals surface area contributed by atoms with Crippen LogP contribution in [0.2, 0.25) is 0 Å². The van der Waals surface area contributed by atoms with Crippen LogP contribution in [0.3, 0.4) is 0 Å². The summed E-state index contributed by atoms with van der Waals surface area (Å²) in [7, 11) is 0. The Bertz CT molecular complexity index is 352. The van der Waals surface area contributed by atoms with Gasteiger partial charge in [0.05, 0.1) is 18.8 Å². The minimum Gasteiger partial charge on any atom is -0.390 e. The first kappa shape index (κ1) is 13.9. The van der Waals surface area contributed by atoms with Crippen LogP contribution in [0.4, 0.5) is 0 Å². The summed E-state index contributed by atoms with van der Waals surface area (Å²) in [5.41, 5.74) is 16.5. The predicted molar refractivity (Wildman–Crippen MR) is 57.7 cm³/mol. The van der Waals surface area contributed by atoms with Gasteiger partial charge in [0.1, 0.15) is 12.1 Å². The molecule has 17 heavy (non-hydrogen) atoms. The number of aliphatic hydroxyl groups excluding tert-OH is 2. The van der Waals surface area contributed by atoms with Gasteiger partial charge in [0.15, 0.2) is 6.29 Å². The van der Waals surface area contributed by atoms with E-state index in [1.165, 1.54) is 0 Å². The molecule has 5 atom stereocenters. The van der Waals surface area contributed by atoms with Crippen molar-refractivity contribution in [2.45, 2.75) is 30.6 Å². The molecule has 0 aromatic rings. The second-order valence-corrected chi connectivity index (χ2v) is 3.45. The number of hydrogen-bond donors (Lipinski definition) is 3. The number of thiol groups is 1. The molecule has 10 nitrogen and oxygen atoms in total. The lowest BCUT2D eigenvalue weighted by atomic mass is 9.97. The van der Waals surface area contributed by atoms with E-state index >= 15 is 0 Å². The van der Waals surface area contributed by atoms with E-state index in [4.69, 9.17) is 15.8 Å². The Morgan fingerprint density at radius 1 is 1.29 bits per heavy atom. The molecule has 1 rings (SSSR count). The number of azide groups is 2. The molecule has 0 spiro atoms. The quantitative estimate of drug-likeness (QED) is 0.218. The molecule has 11 heteroatoms. The van der Waals surface area contributed by atoms with Gasteiger partial charge < -0.3 is 14.9 Å². The Hall–Kier alpha value is -1.19. The second-order valence-electron chi connectivity index (χ2n) is 3.24. The summed E-state index contributed by atoms with van der Waals surface area (Å²) in [5, 5.41) is 25.8. The third-order valence-electron chi connectivity index (χ3n) is 2.28. The van der Waals surface area contributed by atoms with Crippen LogP contribution < -0.4 is 0 Å². The number of nitrogens with zero attached hydrogens (tertiary/aromatic N) is 6. The van der Waals surface area contributed by atoms with Crippen LogP contribution in [0, 0.1) is 0 Å². The molecular formula is C6H10N6O4S. The molecule has 3 unspecified atom stereocenters. The summed E-state index contributed by atoms with van der Waals surface area (Å²) in [6.45, 7) is -0.189. The van der Waals surface area contributed by atoms with Crippen molar-refractivity contribution in [3.63, 3.8) is 0 Å². The number of ether oxygens (including phenoxy) is 1. The van der Waals surface area contributed by atoms with Crippen molar-refractivity contribution in [3.05, 3.63) is 20.9 Å². The van der Waals surface area contributed by atoms with Gasteiger partial charge in [0.25, 0.3) is 0 Å². The van der Waals surface area contributed by atoms with Crippen molar-refractivity contribution in [2.24, 2.45) is 10.2 Å². The summed E-state index contributed by atoms with van der Waals surface area (Å²) in [4.78, 5) is 5.01. The zero-order valence-electron chi connectivity index (χ0n) is 8.44. The van der Waals surface area contributed by atoms with Gasteiger partial charge in [-0.2, -0.15) is 0 Å². The molecule has 1 aliphatic rings. The first-order valence-electron chi connectivity index (χ1n) is 4.52. The fourth-order valence-electron chi connectivity index (χ4n) is 1.45. The summed E-state index contributed by atoms with van der Waals surface area (Å²) >= 11 is 3.51. The van der Waals surface area contributed by atoms with E-state index in [1.54, 1.807) is 0 Å². The van der Waals surface area contributed by atoms with Gasteiger partial charge in [0.2, 0.25) is 0 Å². The highest BCUT2D eigenvalue weighted by Gasteiger charge is 2.44. The standard InChI is InChI=1S/C6H10N6O4S/c7-11-9-1-2-4(13)5(14)3(10-12-8)6(15-2)16-17/h2-6,13-14,17H,1H2/t2?,3?,4-,5?,6+/m0/s1. The van der Waals surface area contributed by atoms with Crippen molar-refractivity contribution in [1.29, 1.82) is 0 Å². The Morgan fingerprint density at radius 2 is 2.00 bits per heavy atom. The summed E-state index contributed by atoms with van der Waals surface area (Å²) in [6.07, 6.45) is -4.83. The van der Waals surface area contributed by atoms with E-state index in [-0.39, 0.29) is 6.54 Å². The molecule has 1 saturated heterocycles. The first-order valence-corrected chi connectivity index (χ1v) is 4.89. The van der Waals surface area contributed by atoms with Crippen LogP contribution in [0.5, 0.6) is 0 Å². The molecule has 0 aromatic carbocycles. The maximum atomic E-state index is 9.70. The van der Waals surface area contributed by atoms with Gasteiger partial charge in [-0.05, 0) is 24.0 Å². The Labute approximate surface area is 101 Å². The van der Waals surface area contributed by atoms with E-state index in [0.717, 1.165) is 0 Å². The molecule has 1 heterocycles. The minimum atomic E-state index is -1.39. The van der Waals surface area contributed by atoms with Crippen LogP contribution >= 0.6 is 12.9 Å². The van der Waals surface area contributed by atoms with E-state index < -0.39 is 30.6 Å². The van der Waals surface area contributed by atoms with Crippen molar-refractivity contribution in [2.75, 3.05) is 6.54 Å². The van der Waals surface area contributed by atoms with Gasteiger partial charge in [-0.15, -0.1) is 0 Å². The summed E-state index contributed by atoms with van der Waals surface area (Å²) in [5.74, 6) is 0. The SMILES string of the molecule is [N-]=[N+]=NCC1O[C@H](OS)C(N=[N+]=[N-])C(O)[C@H]1O. The molecule has 0 aromatic heterocycles. The van der Waals surface area contributed by atoms with Crippen LogP contribution in [-0.4, -0.2) is 47.4 Å². The van der Waals surface area contributed by atoms with Gasteiger partial charge in [-0.1, -0.05) is 10.2 Å². The van der Waals surface area contributed by atoms with Crippen molar-refractivity contribution >= 4 is 12.9 Å². The van der Waals surface area contributed by atoms with Gasteiger partial charge in [-0.25, -0.2) is 0 Å². The van der Waals surface area contributed by atoms with Crippen LogP contribution in [-0.2, 0) is 8.92 Å². The third-order valence-corrected chi connectivity index (χ3v) is 2.49. The molecule has 1 fully saturated rings. The number of rotatable bonds is 4. The van der Waals surface area contributed by atoms with Gasteiger partial charge >= 0.3 is 0 Å². The number of aliphatic hydroxyl groups is 2. The number of hydrogen-bond acceptors (Lipinski definition) is 7. The Balaban J connectivity index is 2.84. The maximum Gasteiger partial charge on any atom is 0.181 e. The molecular weight excluding hydrogens is 252 g/mol. The molecule has 0 aliphatic carbocycles. The molecule has 0 radical (unpaired) electrons. The molecule has 0 saturated carbocycles. The van der Waals surface area contributed by atoms with Crippen molar-refractivity contribution in [3.8, 4) is 0 Å². The summed E-state index contributed by atoms with van der Waals surface area (Å²) in [6, 6.07) is -1.13. The first-order chi connectivity index (χ1) is 8.15. The monoisotopic (exact) mass is 262 g/mol. The molecule has 2 N–H and O–H groups in total. The van der Waals surface area contributed by atoms with Crippen molar-refractivity contribution < 1.29 is 19.1 Å². The van der Waals surface area contributed by atoms with Crippen LogP contribution in [0.25, 0.3) is 20.9 Å². The van der Waals surface area contributed by atoms with Crippen LogP contribution in [0.1, 0.15) is 0 Å². The molecule has 94 valence electrons. The van der Waals surface area contributed by atoms with Gasteiger partial charge in [0, 0.05) is 9.82 Å². The summed E-state index contributed by atoms with van der Waals surface area (Å²) < 4.78 is 9.73. The van der Waals surface area contributed by atoms with Gasteiger partial charge in [-0.3, -0.25) is 4.18 Å². The zero-order chi connectivity index (χ0) is 12.8. The average molecular weight is 262 g/mol. The fraction of sp³-hybridized carbons (Fsp3) is 1.00. The smallest absolute Gasteiger partial charge is 0.181 e. The minimum absolute atomic E-state index is 0.189.